The van der Waals surface area contributed by atoms with E-state index in [0.717, 1.165) is 51.6 Å². The number of rotatable bonds is 4. The molecule has 0 spiro atoms. The highest BCUT2D eigenvalue weighted by Gasteiger charge is 2.38. The first kappa shape index (κ1) is 19.0. The molecule has 28 heavy (non-hydrogen) atoms. The predicted molar refractivity (Wildman–Crippen MR) is 99.9 cm³/mol. The zero-order valence-corrected chi connectivity index (χ0v) is 16.2. The maximum absolute atomic E-state index is 14.1. The van der Waals surface area contributed by atoms with Crippen LogP contribution in [0.5, 0.6) is 0 Å². The van der Waals surface area contributed by atoms with E-state index in [1.54, 1.807) is 6.20 Å². The summed E-state index contributed by atoms with van der Waals surface area (Å²) in [6, 6.07) is 0. The van der Waals surface area contributed by atoms with Crippen molar-refractivity contribution < 1.29 is 18.4 Å². The number of carbonyl (C=O) groups excluding carboxylic acids is 1. The van der Waals surface area contributed by atoms with Crippen molar-refractivity contribution in [3.8, 4) is 0 Å². The van der Waals surface area contributed by atoms with Crippen molar-refractivity contribution in [2.75, 3.05) is 24.6 Å². The summed E-state index contributed by atoms with van der Waals surface area (Å²) in [5.74, 6) is 0.947. The molecule has 8 heteroatoms. The largest absolute Gasteiger partial charge is 0.377 e. The van der Waals surface area contributed by atoms with Crippen molar-refractivity contribution in [3.05, 3.63) is 35.5 Å². The second-order valence-electron chi connectivity index (χ2n) is 7.66. The highest BCUT2D eigenvalue weighted by Crippen LogP contribution is 2.38. The second kappa shape index (κ2) is 7.95. The van der Waals surface area contributed by atoms with Gasteiger partial charge in [0.05, 0.1) is 35.7 Å². The first-order chi connectivity index (χ1) is 13.5. The molecule has 0 radical (unpaired) electrons. The van der Waals surface area contributed by atoms with E-state index in [-0.39, 0.29) is 23.4 Å². The van der Waals surface area contributed by atoms with Gasteiger partial charge in [-0.05, 0) is 45.4 Å². The summed E-state index contributed by atoms with van der Waals surface area (Å²) >= 11 is 0. The number of hydrogen-bond acceptors (Lipinski definition) is 7. The fourth-order valence-corrected chi connectivity index (χ4v) is 4.48. The van der Waals surface area contributed by atoms with Crippen LogP contribution in [-0.4, -0.2) is 46.7 Å². The first-order valence-corrected chi connectivity index (χ1v) is 9.85. The van der Waals surface area contributed by atoms with E-state index in [4.69, 9.17) is 9.26 Å². The number of halogens is 1. The van der Waals surface area contributed by atoms with Gasteiger partial charge in [-0.15, -0.1) is 0 Å². The van der Waals surface area contributed by atoms with E-state index in [1.807, 2.05) is 6.92 Å². The van der Waals surface area contributed by atoms with Crippen LogP contribution in [-0.2, 0) is 4.74 Å². The van der Waals surface area contributed by atoms with E-state index in [2.05, 4.69) is 20.0 Å². The molecule has 2 aliphatic heterocycles. The van der Waals surface area contributed by atoms with Crippen LogP contribution in [0.25, 0.3) is 0 Å². The molecule has 0 amide bonds. The van der Waals surface area contributed by atoms with Gasteiger partial charge in [0, 0.05) is 19.7 Å². The quantitative estimate of drug-likeness (QED) is 0.743. The molecule has 0 saturated carbocycles. The number of carbonyl (C=O) groups is 1. The summed E-state index contributed by atoms with van der Waals surface area (Å²) in [6.45, 7) is 5.42. The number of aryl methyl sites for hydroxylation is 1. The summed E-state index contributed by atoms with van der Waals surface area (Å²) in [4.78, 5) is 22.3. The van der Waals surface area contributed by atoms with Crippen LogP contribution in [0.4, 0.5) is 10.1 Å². The molecule has 2 atom stereocenters. The lowest BCUT2D eigenvalue weighted by Crippen LogP contribution is -2.43. The van der Waals surface area contributed by atoms with Crippen LogP contribution in [0.1, 0.15) is 60.6 Å². The summed E-state index contributed by atoms with van der Waals surface area (Å²) < 4.78 is 25.7. The average molecular weight is 388 g/mol. The Morgan fingerprint density at radius 1 is 1.25 bits per heavy atom. The number of nitrogens with zero attached hydrogens (tertiary/aromatic N) is 4. The highest BCUT2D eigenvalue weighted by molar-refractivity contribution is 5.99. The molecule has 0 unspecified atom stereocenters. The zero-order chi connectivity index (χ0) is 19.7. The van der Waals surface area contributed by atoms with Gasteiger partial charge in [-0.1, -0.05) is 5.16 Å². The molecule has 0 aromatic carbocycles. The standard InChI is InChI=1S/C20H25FN4O3/c1-12(26)18-16(21)10-22-11-17(18)25-7-5-14(6-8-25)19-15(4-3-9-27-19)20-23-13(2)24-28-20/h10-11,14-15,19H,3-9H2,1-2H3/t15-,19+/m1/s1. The Kier molecular flexibility index (Phi) is 5.39. The Labute approximate surface area is 163 Å². The SMILES string of the molecule is CC(=O)c1c(F)cncc1N1CCC([C@@H]2OCCC[C@H]2c2nc(C)no2)CC1. The van der Waals surface area contributed by atoms with Crippen molar-refractivity contribution in [2.24, 2.45) is 5.92 Å². The van der Waals surface area contributed by atoms with Crippen molar-refractivity contribution in [3.63, 3.8) is 0 Å². The minimum Gasteiger partial charge on any atom is -0.377 e. The van der Waals surface area contributed by atoms with Crippen LogP contribution in [0.3, 0.4) is 0 Å². The molecule has 2 aromatic rings. The van der Waals surface area contributed by atoms with Crippen molar-refractivity contribution >= 4 is 11.5 Å². The Bertz CT molecular complexity index is 848. The third kappa shape index (κ3) is 3.65. The summed E-state index contributed by atoms with van der Waals surface area (Å²) in [6.07, 6.45) is 6.48. The van der Waals surface area contributed by atoms with E-state index in [1.165, 1.54) is 6.92 Å². The number of Topliss-reactive ketones (excluding diaryl/α,β-unsaturated/α-hetero) is 1. The Hall–Kier alpha value is -2.35. The minimum absolute atomic E-state index is 0.0497. The molecule has 0 bridgehead atoms. The predicted octanol–water partition coefficient (Wildman–Crippen LogP) is 3.29. The van der Waals surface area contributed by atoms with Crippen LogP contribution in [0.2, 0.25) is 0 Å². The third-order valence-corrected chi connectivity index (χ3v) is 5.80. The van der Waals surface area contributed by atoms with E-state index in [9.17, 15) is 9.18 Å². The van der Waals surface area contributed by atoms with Crippen molar-refractivity contribution in [2.45, 2.75) is 51.6 Å². The van der Waals surface area contributed by atoms with Gasteiger partial charge in [0.15, 0.2) is 17.4 Å². The summed E-state index contributed by atoms with van der Waals surface area (Å²) in [7, 11) is 0. The number of aromatic nitrogens is 3. The fourth-order valence-electron chi connectivity index (χ4n) is 4.48. The minimum atomic E-state index is -0.561. The number of pyridine rings is 1. The maximum atomic E-state index is 14.1. The van der Waals surface area contributed by atoms with E-state index >= 15 is 0 Å². The van der Waals surface area contributed by atoms with Gasteiger partial charge in [0.2, 0.25) is 5.89 Å². The normalized spacial score (nSPS) is 23.8. The monoisotopic (exact) mass is 388 g/mol. The molecule has 7 nitrogen and oxygen atoms in total. The van der Waals surface area contributed by atoms with Gasteiger partial charge < -0.3 is 14.2 Å². The smallest absolute Gasteiger partial charge is 0.232 e. The number of ether oxygens (including phenoxy) is 1. The van der Waals surface area contributed by atoms with Gasteiger partial charge in [0.1, 0.15) is 0 Å². The molecule has 2 saturated heterocycles. The van der Waals surface area contributed by atoms with E-state index in [0.29, 0.717) is 23.3 Å². The first-order valence-electron chi connectivity index (χ1n) is 9.85. The molecular formula is C20H25FN4O3. The third-order valence-electron chi connectivity index (χ3n) is 5.80. The van der Waals surface area contributed by atoms with Crippen LogP contribution >= 0.6 is 0 Å². The molecule has 150 valence electrons. The molecule has 0 N–H and O–H groups in total. The van der Waals surface area contributed by atoms with Gasteiger partial charge in [-0.2, -0.15) is 4.98 Å². The molecule has 0 aliphatic carbocycles. The Balaban J connectivity index is 1.48. The maximum Gasteiger partial charge on any atom is 0.232 e. The van der Waals surface area contributed by atoms with Gasteiger partial charge in [-0.25, -0.2) is 4.39 Å². The van der Waals surface area contributed by atoms with Crippen LogP contribution < -0.4 is 4.90 Å². The Morgan fingerprint density at radius 3 is 2.71 bits per heavy atom. The topological polar surface area (TPSA) is 81.4 Å². The zero-order valence-electron chi connectivity index (χ0n) is 16.2. The molecule has 2 aromatic heterocycles. The summed E-state index contributed by atoms with van der Waals surface area (Å²) in [5, 5.41) is 3.93. The summed E-state index contributed by atoms with van der Waals surface area (Å²) in [5.41, 5.74) is 0.709. The Morgan fingerprint density at radius 2 is 2.04 bits per heavy atom. The van der Waals surface area contributed by atoms with Gasteiger partial charge in [-0.3, -0.25) is 9.78 Å². The lowest BCUT2D eigenvalue weighted by molar-refractivity contribution is -0.0489. The van der Waals surface area contributed by atoms with Crippen molar-refractivity contribution in [1.82, 2.24) is 15.1 Å². The molecule has 2 fully saturated rings. The molecule has 4 rings (SSSR count). The fraction of sp³-hybridized carbons (Fsp3) is 0.600. The van der Waals surface area contributed by atoms with Crippen LogP contribution in [0.15, 0.2) is 16.9 Å². The lowest BCUT2D eigenvalue weighted by Gasteiger charge is -2.41. The van der Waals surface area contributed by atoms with Gasteiger partial charge in [0.25, 0.3) is 0 Å². The van der Waals surface area contributed by atoms with Crippen molar-refractivity contribution in [1.29, 1.82) is 0 Å². The molecule has 2 aliphatic rings. The van der Waals surface area contributed by atoms with E-state index < -0.39 is 5.82 Å². The molecular weight excluding hydrogens is 363 g/mol. The molecule has 4 heterocycles. The highest BCUT2D eigenvalue weighted by atomic mass is 19.1. The number of piperidine rings is 1. The second-order valence-corrected chi connectivity index (χ2v) is 7.66. The number of anilines is 1. The lowest BCUT2D eigenvalue weighted by atomic mass is 9.80. The number of ketones is 1. The average Bonchev–Trinajstić information content (AvgIpc) is 3.14. The van der Waals surface area contributed by atoms with Crippen LogP contribution in [0, 0.1) is 18.7 Å². The van der Waals surface area contributed by atoms with Gasteiger partial charge >= 0.3 is 0 Å². The number of hydrogen-bond donors (Lipinski definition) is 0.